The molecule has 1 aliphatic rings. The monoisotopic (exact) mass is 278 g/mol. The molecule has 1 atom stereocenters. The van der Waals surface area contributed by atoms with Crippen LogP contribution in [0.3, 0.4) is 0 Å². The third-order valence-corrected chi connectivity index (χ3v) is 4.23. The quantitative estimate of drug-likeness (QED) is 0.686. The van der Waals surface area contributed by atoms with E-state index in [1.54, 1.807) is 0 Å². The molecule has 1 aliphatic heterocycles. The lowest BCUT2D eigenvalue weighted by Crippen LogP contribution is -2.06. The summed E-state index contributed by atoms with van der Waals surface area (Å²) in [6.07, 6.45) is 6.01. The minimum absolute atomic E-state index is 0.200. The van der Waals surface area contributed by atoms with Gasteiger partial charge >= 0.3 is 0 Å². The number of hydrogen-bond acceptors (Lipinski definition) is 1. The van der Waals surface area contributed by atoms with Crippen LogP contribution in [0.1, 0.15) is 23.7 Å². The minimum Gasteiger partial charge on any atom is -0.327 e. The van der Waals surface area contributed by atoms with Crippen LogP contribution in [0.2, 0.25) is 0 Å². The van der Waals surface area contributed by atoms with Crippen LogP contribution in [0.25, 0.3) is 11.1 Å². The Labute approximate surface area is 122 Å². The molecule has 2 nitrogen and oxygen atoms in total. The molecule has 1 aromatic heterocycles. The van der Waals surface area contributed by atoms with E-state index in [0.29, 0.717) is 6.04 Å². The van der Waals surface area contributed by atoms with E-state index in [1.807, 2.05) is 30.7 Å². The Balaban J connectivity index is 1.82. The van der Waals surface area contributed by atoms with Crippen LogP contribution in [-0.2, 0) is 6.42 Å². The first-order chi connectivity index (χ1) is 10.3. The molecule has 2 heterocycles. The van der Waals surface area contributed by atoms with Crippen molar-refractivity contribution >= 4 is 0 Å². The molecule has 0 saturated heterocycles. The summed E-state index contributed by atoms with van der Waals surface area (Å²) in [5.41, 5.74) is 4.79. The van der Waals surface area contributed by atoms with E-state index in [2.05, 4.69) is 27.8 Å². The van der Waals surface area contributed by atoms with Crippen LogP contribution < -0.4 is 0 Å². The van der Waals surface area contributed by atoms with Gasteiger partial charge in [0.15, 0.2) is 0 Å². The number of imidazole rings is 1. The average molecular weight is 278 g/mol. The number of aryl methyl sites for hydroxylation is 1. The van der Waals surface area contributed by atoms with Gasteiger partial charge in [-0.2, -0.15) is 0 Å². The van der Waals surface area contributed by atoms with Crippen LogP contribution in [0, 0.1) is 5.82 Å². The number of hydrogen-bond donors (Lipinski definition) is 0. The number of benzene rings is 2. The zero-order chi connectivity index (χ0) is 14.2. The molecule has 21 heavy (non-hydrogen) atoms. The molecule has 0 fully saturated rings. The molecule has 0 saturated carbocycles. The third kappa shape index (κ3) is 2.05. The summed E-state index contributed by atoms with van der Waals surface area (Å²) in [4.78, 5) is 4.25. The molecule has 0 radical (unpaired) electrons. The van der Waals surface area contributed by atoms with Gasteiger partial charge in [-0.1, -0.05) is 36.4 Å². The Morgan fingerprint density at radius 2 is 1.86 bits per heavy atom. The van der Waals surface area contributed by atoms with Gasteiger partial charge < -0.3 is 4.57 Å². The van der Waals surface area contributed by atoms with Crippen LogP contribution in [0.15, 0.2) is 61.1 Å². The largest absolute Gasteiger partial charge is 0.327 e. The number of halogens is 1. The molecule has 3 heteroatoms. The Morgan fingerprint density at radius 3 is 2.71 bits per heavy atom. The number of fused-ring (bicyclic) bond motifs is 1. The number of aromatic nitrogens is 2. The smallest absolute Gasteiger partial charge is 0.123 e. The van der Waals surface area contributed by atoms with Gasteiger partial charge in [-0.15, -0.1) is 0 Å². The van der Waals surface area contributed by atoms with Crippen LogP contribution in [-0.4, -0.2) is 9.55 Å². The Bertz CT molecular complexity index is 774. The molecular weight excluding hydrogens is 263 g/mol. The Kier molecular flexibility index (Phi) is 2.85. The van der Waals surface area contributed by atoms with E-state index in [9.17, 15) is 4.39 Å². The standard InChI is InChI=1S/C18H15FN2/c19-14-7-5-13(6-8-14)16-3-1-2-4-17(16)18-10-9-15-11-20-12-21(15)18/h1-8,11-12,18H,9-10H2. The predicted molar refractivity (Wildman–Crippen MR) is 80.5 cm³/mol. The lowest BCUT2D eigenvalue weighted by molar-refractivity contribution is 0.617. The van der Waals surface area contributed by atoms with Gasteiger partial charge in [0, 0.05) is 11.9 Å². The third-order valence-electron chi connectivity index (χ3n) is 4.23. The molecule has 0 amide bonds. The molecule has 0 spiro atoms. The fourth-order valence-corrected chi connectivity index (χ4v) is 3.22. The minimum atomic E-state index is -0.200. The maximum Gasteiger partial charge on any atom is 0.123 e. The van der Waals surface area contributed by atoms with Crippen molar-refractivity contribution < 1.29 is 4.39 Å². The molecular formula is C18H15FN2. The number of nitrogens with zero attached hydrogens (tertiary/aromatic N) is 2. The maximum absolute atomic E-state index is 13.1. The van der Waals surface area contributed by atoms with E-state index >= 15 is 0 Å². The van der Waals surface area contributed by atoms with E-state index in [1.165, 1.54) is 29.0 Å². The van der Waals surface area contributed by atoms with Crippen molar-refractivity contribution in [2.75, 3.05) is 0 Å². The van der Waals surface area contributed by atoms with Crippen molar-refractivity contribution in [2.45, 2.75) is 18.9 Å². The average Bonchev–Trinajstić information content (AvgIpc) is 3.11. The molecule has 104 valence electrons. The normalized spacial score (nSPS) is 16.9. The summed E-state index contributed by atoms with van der Waals surface area (Å²) < 4.78 is 15.4. The molecule has 4 rings (SSSR count). The lowest BCUT2D eigenvalue weighted by Gasteiger charge is -2.18. The zero-order valence-electron chi connectivity index (χ0n) is 11.5. The summed E-state index contributed by atoms with van der Waals surface area (Å²) in [5.74, 6) is -0.200. The fraction of sp³-hybridized carbons (Fsp3) is 0.167. The van der Waals surface area contributed by atoms with Gasteiger partial charge in [0.1, 0.15) is 5.82 Å². The summed E-state index contributed by atoms with van der Waals surface area (Å²) >= 11 is 0. The lowest BCUT2D eigenvalue weighted by atomic mass is 9.94. The highest BCUT2D eigenvalue weighted by molar-refractivity contribution is 5.68. The van der Waals surface area contributed by atoms with Crippen LogP contribution in [0.5, 0.6) is 0 Å². The Hall–Kier alpha value is -2.42. The molecule has 1 unspecified atom stereocenters. The number of rotatable bonds is 2. The van der Waals surface area contributed by atoms with Crippen LogP contribution in [0.4, 0.5) is 4.39 Å². The SMILES string of the molecule is Fc1ccc(-c2ccccc2C2CCc3cncn32)cc1. The first-order valence-electron chi connectivity index (χ1n) is 7.18. The van der Waals surface area contributed by atoms with Gasteiger partial charge in [0.25, 0.3) is 0 Å². The highest BCUT2D eigenvalue weighted by Gasteiger charge is 2.25. The summed E-state index contributed by atoms with van der Waals surface area (Å²) in [6, 6.07) is 15.4. The predicted octanol–water partition coefficient (Wildman–Crippen LogP) is 4.22. The summed E-state index contributed by atoms with van der Waals surface area (Å²) in [7, 11) is 0. The van der Waals surface area contributed by atoms with Crippen molar-refractivity contribution in [3.63, 3.8) is 0 Å². The first-order valence-corrected chi connectivity index (χ1v) is 7.18. The van der Waals surface area contributed by atoms with Gasteiger partial charge in [0.2, 0.25) is 0 Å². The van der Waals surface area contributed by atoms with Gasteiger partial charge in [0.05, 0.1) is 12.4 Å². The second kappa shape index (κ2) is 4.85. The van der Waals surface area contributed by atoms with E-state index in [0.717, 1.165) is 18.4 Å². The fourth-order valence-electron chi connectivity index (χ4n) is 3.22. The highest BCUT2D eigenvalue weighted by Crippen LogP contribution is 2.37. The van der Waals surface area contributed by atoms with E-state index in [-0.39, 0.29) is 5.82 Å². The van der Waals surface area contributed by atoms with Gasteiger partial charge in [-0.3, -0.25) is 0 Å². The van der Waals surface area contributed by atoms with Crippen LogP contribution >= 0.6 is 0 Å². The van der Waals surface area contributed by atoms with Crippen molar-refractivity contribution in [3.05, 3.63) is 78.1 Å². The molecule has 0 N–H and O–H groups in total. The van der Waals surface area contributed by atoms with Gasteiger partial charge in [-0.25, -0.2) is 9.37 Å². The summed E-state index contributed by atoms with van der Waals surface area (Å²) in [5, 5.41) is 0. The zero-order valence-corrected chi connectivity index (χ0v) is 11.5. The first kappa shape index (κ1) is 12.3. The summed E-state index contributed by atoms with van der Waals surface area (Å²) in [6.45, 7) is 0. The topological polar surface area (TPSA) is 17.8 Å². The maximum atomic E-state index is 13.1. The Morgan fingerprint density at radius 1 is 1.05 bits per heavy atom. The van der Waals surface area contributed by atoms with E-state index in [4.69, 9.17) is 0 Å². The van der Waals surface area contributed by atoms with Crippen molar-refractivity contribution in [1.29, 1.82) is 0 Å². The van der Waals surface area contributed by atoms with E-state index < -0.39 is 0 Å². The molecule has 2 aromatic carbocycles. The van der Waals surface area contributed by atoms with Gasteiger partial charge in [-0.05, 0) is 41.7 Å². The van der Waals surface area contributed by atoms with Crippen molar-refractivity contribution in [2.24, 2.45) is 0 Å². The highest BCUT2D eigenvalue weighted by atomic mass is 19.1. The molecule has 0 aliphatic carbocycles. The van der Waals surface area contributed by atoms with Crippen molar-refractivity contribution in [1.82, 2.24) is 9.55 Å². The second-order valence-electron chi connectivity index (χ2n) is 5.44. The second-order valence-corrected chi connectivity index (χ2v) is 5.44. The molecule has 3 aromatic rings. The van der Waals surface area contributed by atoms with Crippen molar-refractivity contribution in [3.8, 4) is 11.1 Å². The molecule has 0 bridgehead atoms.